The van der Waals surface area contributed by atoms with Crippen molar-refractivity contribution >= 4 is 51.4 Å². The topological polar surface area (TPSA) is 80.3 Å². The minimum atomic E-state index is -3.87. The first kappa shape index (κ1) is 17.7. The Morgan fingerprint density at radius 3 is 2.25 bits per heavy atom. The number of benzene rings is 1. The van der Waals surface area contributed by atoms with Crippen molar-refractivity contribution in [1.82, 2.24) is 0 Å². The van der Waals surface area contributed by atoms with E-state index in [9.17, 15) is 16.8 Å². The molecule has 20 heavy (non-hydrogen) atoms. The third-order valence-electron chi connectivity index (χ3n) is 2.35. The summed E-state index contributed by atoms with van der Waals surface area (Å²) in [7, 11) is -2.05. The highest BCUT2D eigenvalue weighted by Gasteiger charge is 2.19. The number of nitrogens with one attached hydrogen (secondary N) is 1. The molecule has 1 N–H and O–H groups in total. The van der Waals surface area contributed by atoms with Gasteiger partial charge in [-0.2, -0.15) is 0 Å². The first-order chi connectivity index (χ1) is 8.92. The van der Waals surface area contributed by atoms with Crippen molar-refractivity contribution in [1.29, 1.82) is 0 Å². The average molecular weight is 405 g/mol. The number of halogens is 2. The van der Waals surface area contributed by atoms with Gasteiger partial charge in [0, 0.05) is 15.2 Å². The number of rotatable bonds is 5. The predicted octanol–water partition coefficient (Wildman–Crippen LogP) is 3.08. The number of anilines is 1. The van der Waals surface area contributed by atoms with Gasteiger partial charge in [-0.3, -0.25) is 4.72 Å². The molecular weight excluding hydrogens is 390 g/mol. The summed E-state index contributed by atoms with van der Waals surface area (Å²) < 4.78 is 49.2. The quantitative estimate of drug-likeness (QED) is 0.765. The lowest BCUT2D eigenvalue weighted by Crippen LogP contribution is -2.20. The molecule has 0 aromatic heterocycles. The molecule has 0 fully saturated rings. The molecule has 0 aliphatic carbocycles. The molecule has 1 aromatic carbocycles. The lowest BCUT2D eigenvalue weighted by Gasteiger charge is -2.13. The van der Waals surface area contributed by atoms with Gasteiger partial charge in [0.05, 0.1) is 16.3 Å². The number of sulfonamides is 1. The van der Waals surface area contributed by atoms with Gasteiger partial charge in [0.15, 0.2) is 0 Å². The Kier molecular flexibility index (Phi) is 5.51. The maximum atomic E-state index is 11.9. The van der Waals surface area contributed by atoms with Gasteiger partial charge in [-0.1, -0.05) is 13.8 Å². The Balaban J connectivity index is 3.21. The molecule has 1 aromatic rings. The van der Waals surface area contributed by atoms with Crippen LogP contribution in [-0.4, -0.2) is 22.6 Å². The van der Waals surface area contributed by atoms with Gasteiger partial charge in [0.25, 0.3) is 9.05 Å². The summed E-state index contributed by atoms with van der Waals surface area (Å²) >= 11 is 3.14. The van der Waals surface area contributed by atoms with Gasteiger partial charge >= 0.3 is 0 Å². The minimum absolute atomic E-state index is 0.0186. The smallest absolute Gasteiger partial charge is 0.261 e. The van der Waals surface area contributed by atoms with Crippen LogP contribution >= 0.6 is 26.6 Å². The van der Waals surface area contributed by atoms with E-state index >= 15 is 0 Å². The van der Waals surface area contributed by atoms with Gasteiger partial charge in [0.1, 0.15) is 0 Å². The molecule has 0 saturated carbocycles. The van der Waals surface area contributed by atoms with Gasteiger partial charge in [-0.15, -0.1) is 0 Å². The second kappa shape index (κ2) is 6.21. The van der Waals surface area contributed by atoms with Crippen LogP contribution in [0, 0.1) is 12.8 Å². The number of hydrogen-bond acceptors (Lipinski definition) is 4. The Morgan fingerprint density at radius 1 is 1.25 bits per heavy atom. The molecule has 5 nitrogen and oxygen atoms in total. The molecule has 0 bridgehead atoms. The second-order valence-corrected chi connectivity index (χ2v) is 9.97. The van der Waals surface area contributed by atoms with Crippen molar-refractivity contribution in [3.05, 3.63) is 22.2 Å². The van der Waals surface area contributed by atoms with Crippen molar-refractivity contribution in [3.63, 3.8) is 0 Å². The zero-order valence-corrected chi connectivity index (χ0v) is 15.1. The molecule has 0 saturated heterocycles. The van der Waals surface area contributed by atoms with Gasteiger partial charge in [-0.05, 0) is 46.5 Å². The maximum Gasteiger partial charge on any atom is 0.261 e. The van der Waals surface area contributed by atoms with Crippen molar-refractivity contribution in [2.45, 2.75) is 25.7 Å². The molecule has 114 valence electrons. The molecule has 0 spiro atoms. The van der Waals surface area contributed by atoms with E-state index in [1.165, 1.54) is 12.1 Å². The van der Waals surface area contributed by atoms with E-state index in [-0.39, 0.29) is 22.3 Å². The van der Waals surface area contributed by atoms with E-state index in [2.05, 4.69) is 20.7 Å². The summed E-state index contributed by atoms with van der Waals surface area (Å²) in [6.45, 7) is 5.13. The van der Waals surface area contributed by atoms with Crippen molar-refractivity contribution in [2.75, 3.05) is 10.5 Å². The lowest BCUT2D eigenvalue weighted by molar-refractivity contribution is 0.587. The van der Waals surface area contributed by atoms with E-state index in [1.807, 2.05) is 0 Å². The Bertz CT molecular complexity index is 714. The van der Waals surface area contributed by atoms with Crippen LogP contribution < -0.4 is 4.72 Å². The molecule has 0 atom stereocenters. The monoisotopic (exact) mass is 403 g/mol. The third-order valence-corrected chi connectivity index (χ3v) is 6.10. The van der Waals surface area contributed by atoms with Crippen LogP contribution in [-0.2, 0) is 19.1 Å². The first-order valence-corrected chi connectivity index (χ1v) is 10.4. The average Bonchev–Trinajstić information content (AvgIpc) is 2.18. The second-order valence-electron chi connectivity index (χ2n) is 4.81. The molecule has 9 heteroatoms. The van der Waals surface area contributed by atoms with Gasteiger partial charge in [0.2, 0.25) is 10.0 Å². The minimum Gasteiger partial charge on any atom is -0.282 e. The molecule has 0 radical (unpaired) electrons. The summed E-state index contributed by atoms with van der Waals surface area (Å²) in [5, 5.41) is 0. The van der Waals surface area contributed by atoms with Gasteiger partial charge in [-0.25, -0.2) is 16.8 Å². The predicted molar refractivity (Wildman–Crippen MR) is 84.2 cm³/mol. The highest BCUT2D eigenvalue weighted by Crippen LogP contribution is 2.31. The number of hydrogen-bond donors (Lipinski definition) is 1. The standard InChI is InChI=1S/C11H15BrClNO4S2/c1-7(2)6-19(15,16)14-10-4-8(3)11(5-9(10)12)20(13,17)18/h4-5,7,14H,6H2,1-3H3. The highest BCUT2D eigenvalue weighted by molar-refractivity contribution is 9.10. The molecule has 0 unspecified atom stereocenters. The van der Waals surface area contributed by atoms with Crippen LogP contribution in [0.25, 0.3) is 0 Å². The first-order valence-electron chi connectivity index (χ1n) is 5.67. The van der Waals surface area contributed by atoms with E-state index < -0.39 is 19.1 Å². The van der Waals surface area contributed by atoms with E-state index in [0.717, 1.165) is 0 Å². The summed E-state index contributed by atoms with van der Waals surface area (Å²) in [4.78, 5) is -0.0575. The normalized spacial score (nSPS) is 12.7. The van der Waals surface area contributed by atoms with Gasteiger partial charge < -0.3 is 0 Å². The molecule has 0 heterocycles. The zero-order chi connectivity index (χ0) is 15.7. The van der Waals surface area contributed by atoms with E-state index in [4.69, 9.17) is 10.7 Å². The Morgan fingerprint density at radius 2 is 1.80 bits per heavy atom. The zero-order valence-electron chi connectivity index (χ0n) is 11.1. The Labute approximate surface area is 132 Å². The maximum absolute atomic E-state index is 11.9. The SMILES string of the molecule is Cc1cc(NS(=O)(=O)CC(C)C)c(Br)cc1S(=O)(=O)Cl. The van der Waals surface area contributed by atoms with Crippen molar-refractivity contribution in [3.8, 4) is 0 Å². The van der Waals surface area contributed by atoms with Crippen molar-refractivity contribution < 1.29 is 16.8 Å². The van der Waals surface area contributed by atoms with Crippen LogP contribution in [0.5, 0.6) is 0 Å². The summed E-state index contributed by atoms with van der Waals surface area (Å²) in [5.74, 6) is -0.0384. The summed E-state index contributed by atoms with van der Waals surface area (Å²) in [6, 6.07) is 2.71. The number of aryl methyl sites for hydroxylation is 1. The molecule has 1 rings (SSSR count). The van der Waals surface area contributed by atoms with E-state index in [1.54, 1.807) is 20.8 Å². The fourth-order valence-corrected chi connectivity index (χ4v) is 5.04. The van der Waals surface area contributed by atoms with Crippen LogP contribution in [0.15, 0.2) is 21.5 Å². The fraction of sp³-hybridized carbons (Fsp3) is 0.455. The third kappa shape index (κ3) is 4.91. The largest absolute Gasteiger partial charge is 0.282 e. The molecule has 0 amide bonds. The summed E-state index contributed by atoms with van der Waals surface area (Å²) in [5.41, 5.74) is 0.651. The summed E-state index contributed by atoms with van der Waals surface area (Å²) in [6.07, 6.45) is 0. The Hall–Kier alpha value is -0.310. The molecule has 0 aliphatic rings. The molecule has 0 aliphatic heterocycles. The van der Waals surface area contributed by atoms with Crippen molar-refractivity contribution in [2.24, 2.45) is 5.92 Å². The lowest BCUT2D eigenvalue weighted by atomic mass is 10.2. The van der Waals surface area contributed by atoms with Crippen LogP contribution in [0.1, 0.15) is 19.4 Å². The van der Waals surface area contributed by atoms with E-state index in [0.29, 0.717) is 10.0 Å². The fourth-order valence-electron chi connectivity index (χ4n) is 1.65. The highest BCUT2D eigenvalue weighted by atomic mass is 79.9. The van der Waals surface area contributed by atoms with Crippen LogP contribution in [0.3, 0.4) is 0 Å². The van der Waals surface area contributed by atoms with Crippen LogP contribution in [0.4, 0.5) is 5.69 Å². The van der Waals surface area contributed by atoms with Crippen LogP contribution in [0.2, 0.25) is 0 Å². The molecular formula is C11H15BrClNO4S2.